The normalized spacial score (nSPS) is 12.7. The van der Waals surface area contributed by atoms with E-state index in [1.54, 1.807) is 32.0 Å². The Morgan fingerprint density at radius 2 is 1.74 bits per heavy atom. The van der Waals surface area contributed by atoms with Gasteiger partial charge < -0.3 is 10.2 Å². The minimum Gasteiger partial charge on any atom is -0.350 e. The third kappa shape index (κ3) is 7.74. The number of anilines is 1. The number of hydrogen-bond acceptors (Lipinski definition) is 4. The average Bonchev–Trinajstić information content (AvgIpc) is 2.68. The van der Waals surface area contributed by atoms with Crippen LogP contribution in [-0.4, -0.2) is 49.5 Å². The number of rotatable bonds is 8. The van der Waals surface area contributed by atoms with Gasteiger partial charge in [0.15, 0.2) is 0 Å². The van der Waals surface area contributed by atoms with Crippen LogP contribution in [0, 0.1) is 13.8 Å². The minimum absolute atomic E-state index is 0.163. The first kappa shape index (κ1) is 27.7. The third-order valence-electron chi connectivity index (χ3n) is 5.21. The summed E-state index contributed by atoms with van der Waals surface area (Å²) in [6.45, 7) is 10.6. The van der Waals surface area contributed by atoms with Gasteiger partial charge in [0.2, 0.25) is 21.8 Å². The maximum atomic E-state index is 13.6. The van der Waals surface area contributed by atoms with Gasteiger partial charge in [-0.25, -0.2) is 8.42 Å². The number of nitrogens with one attached hydrogen (secondary N) is 1. The first-order chi connectivity index (χ1) is 15.6. The summed E-state index contributed by atoms with van der Waals surface area (Å²) in [4.78, 5) is 27.9. The number of nitrogens with zero attached hydrogens (tertiary/aromatic N) is 2. The second-order valence-corrected chi connectivity index (χ2v) is 12.0. The zero-order chi connectivity index (χ0) is 25.8. The number of sulfonamides is 1. The van der Waals surface area contributed by atoms with E-state index in [0.29, 0.717) is 16.3 Å². The van der Waals surface area contributed by atoms with Crippen molar-refractivity contribution in [2.24, 2.45) is 0 Å². The molecule has 2 aromatic carbocycles. The molecule has 0 spiro atoms. The van der Waals surface area contributed by atoms with Crippen LogP contribution in [-0.2, 0) is 26.2 Å². The Kier molecular flexibility index (Phi) is 8.77. The molecule has 0 saturated heterocycles. The summed E-state index contributed by atoms with van der Waals surface area (Å²) in [5.74, 6) is -0.806. The first-order valence-corrected chi connectivity index (χ1v) is 13.2. The molecule has 0 aliphatic heterocycles. The molecule has 0 fully saturated rings. The Morgan fingerprint density at radius 3 is 2.26 bits per heavy atom. The van der Waals surface area contributed by atoms with Crippen LogP contribution in [0.15, 0.2) is 42.5 Å². The van der Waals surface area contributed by atoms with E-state index in [9.17, 15) is 18.0 Å². The molecule has 7 nitrogen and oxygen atoms in total. The van der Waals surface area contributed by atoms with Gasteiger partial charge in [-0.3, -0.25) is 13.9 Å². The monoisotopic (exact) mass is 507 g/mol. The molecule has 0 heterocycles. The summed E-state index contributed by atoms with van der Waals surface area (Å²) in [6.07, 6.45) is 1.05. The molecular formula is C25H34ClN3O4S. The Bertz CT molecular complexity index is 1160. The topological polar surface area (TPSA) is 86.8 Å². The van der Waals surface area contributed by atoms with Gasteiger partial charge in [0.05, 0.1) is 11.9 Å². The molecule has 34 heavy (non-hydrogen) atoms. The van der Waals surface area contributed by atoms with Gasteiger partial charge in [0, 0.05) is 17.1 Å². The minimum atomic E-state index is -3.79. The van der Waals surface area contributed by atoms with Crippen LogP contribution >= 0.6 is 11.6 Å². The molecule has 0 bridgehead atoms. The molecule has 9 heteroatoms. The van der Waals surface area contributed by atoms with E-state index in [0.717, 1.165) is 21.7 Å². The molecule has 0 aromatic heterocycles. The summed E-state index contributed by atoms with van der Waals surface area (Å²) in [6, 6.07) is 11.6. The Labute approximate surface area is 208 Å². The number of hydrogen-bond donors (Lipinski definition) is 1. The number of amides is 2. The SMILES string of the molecule is Cc1cccc(CN(C(=O)CN(c2ccc(Cl)cc2C)S(C)(=O)=O)C(C)C(=O)NC(C)(C)C)c1. The molecular weight excluding hydrogens is 474 g/mol. The van der Waals surface area contributed by atoms with Crippen LogP contribution < -0.4 is 9.62 Å². The van der Waals surface area contributed by atoms with E-state index in [2.05, 4.69) is 5.32 Å². The van der Waals surface area contributed by atoms with Crippen molar-refractivity contribution in [2.75, 3.05) is 17.1 Å². The number of benzene rings is 2. The molecule has 0 aliphatic carbocycles. The summed E-state index contributed by atoms with van der Waals surface area (Å²) in [7, 11) is -3.79. The number of aryl methyl sites for hydroxylation is 2. The van der Waals surface area contributed by atoms with Crippen molar-refractivity contribution in [2.45, 2.75) is 59.7 Å². The fraction of sp³-hybridized carbons (Fsp3) is 0.440. The molecule has 186 valence electrons. The van der Waals surface area contributed by atoms with Crippen molar-refractivity contribution in [3.05, 3.63) is 64.2 Å². The molecule has 1 N–H and O–H groups in total. The van der Waals surface area contributed by atoms with Gasteiger partial charge in [-0.15, -0.1) is 0 Å². The summed E-state index contributed by atoms with van der Waals surface area (Å²) in [5.41, 5.74) is 2.36. The van der Waals surface area contributed by atoms with Gasteiger partial charge in [-0.2, -0.15) is 0 Å². The van der Waals surface area contributed by atoms with Crippen LogP contribution in [0.5, 0.6) is 0 Å². The van der Waals surface area contributed by atoms with Crippen LogP contribution in [0.4, 0.5) is 5.69 Å². The lowest BCUT2D eigenvalue weighted by Gasteiger charge is -2.33. The first-order valence-electron chi connectivity index (χ1n) is 11.0. The van der Waals surface area contributed by atoms with E-state index in [1.165, 1.54) is 4.90 Å². The third-order valence-corrected chi connectivity index (χ3v) is 6.57. The highest BCUT2D eigenvalue weighted by Crippen LogP contribution is 2.26. The Hall–Kier alpha value is -2.58. The summed E-state index contributed by atoms with van der Waals surface area (Å²) < 4.78 is 26.4. The number of carbonyl (C=O) groups is 2. The van der Waals surface area contributed by atoms with Crippen molar-refractivity contribution in [1.29, 1.82) is 0 Å². The second kappa shape index (κ2) is 10.8. The van der Waals surface area contributed by atoms with E-state index in [4.69, 9.17) is 11.6 Å². The van der Waals surface area contributed by atoms with E-state index < -0.39 is 34.1 Å². The molecule has 2 rings (SSSR count). The van der Waals surface area contributed by atoms with E-state index in [-0.39, 0.29) is 12.5 Å². The lowest BCUT2D eigenvalue weighted by molar-refractivity contribution is -0.140. The van der Waals surface area contributed by atoms with Crippen LogP contribution in [0.2, 0.25) is 5.02 Å². The van der Waals surface area contributed by atoms with Crippen LogP contribution in [0.25, 0.3) is 0 Å². The lowest BCUT2D eigenvalue weighted by atomic mass is 10.1. The fourth-order valence-electron chi connectivity index (χ4n) is 3.56. The van der Waals surface area contributed by atoms with Crippen molar-refractivity contribution in [1.82, 2.24) is 10.2 Å². The number of carbonyl (C=O) groups excluding carboxylic acids is 2. The van der Waals surface area contributed by atoms with Gasteiger partial charge in [0.1, 0.15) is 12.6 Å². The molecule has 0 radical (unpaired) electrons. The standard InChI is InChI=1S/C25H34ClN3O4S/c1-17-9-8-10-20(13-17)15-28(19(3)24(31)27-25(4,5)6)23(30)16-29(34(7,32)33)22-12-11-21(26)14-18(22)2/h8-14,19H,15-16H2,1-7H3,(H,27,31). The molecule has 0 saturated carbocycles. The Balaban J connectivity index is 2.44. The zero-order valence-corrected chi connectivity index (χ0v) is 22.4. The average molecular weight is 508 g/mol. The van der Waals surface area contributed by atoms with Gasteiger partial charge in [0.25, 0.3) is 0 Å². The molecule has 2 aromatic rings. The Morgan fingerprint density at radius 1 is 1.09 bits per heavy atom. The summed E-state index contributed by atoms with van der Waals surface area (Å²) >= 11 is 6.04. The van der Waals surface area contributed by atoms with Crippen LogP contribution in [0.3, 0.4) is 0 Å². The molecule has 1 atom stereocenters. The van der Waals surface area contributed by atoms with E-state index >= 15 is 0 Å². The van der Waals surface area contributed by atoms with Crippen molar-refractivity contribution >= 4 is 39.1 Å². The predicted octanol–water partition coefficient (Wildman–Crippen LogP) is 4.05. The number of halogens is 1. The largest absolute Gasteiger partial charge is 0.350 e. The van der Waals surface area contributed by atoms with E-state index in [1.807, 2.05) is 52.0 Å². The molecule has 2 amide bonds. The molecule has 1 unspecified atom stereocenters. The zero-order valence-electron chi connectivity index (χ0n) is 20.8. The maximum Gasteiger partial charge on any atom is 0.244 e. The smallest absolute Gasteiger partial charge is 0.244 e. The van der Waals surface area contributed by atoms with Crippen molar-refractivity contribution < 1.29 is 18.0 Å². The van der Waals surface area contributed by atoms with Gasteiger partial charge in [-0.05, 0) is 70.9 Å². The van der Waals surface area contributed by atoms with Crippen molar-refractivity contribution in [3.8, 4) is 0 Å². The lowest BCUT2D eigenvalue weighted by Crippen LogP contribution is -2.54. The maximum absolute atomic E-state index is 13.6. The molecule has 0 aliphatic rings. The van der Waals surface area contributed by atoms with Crippen LogP contribution in [0.1, 0.15) is 44.4 Å². The van der Waals surface area contributed by atoms with Gasteiger partial charge in [-0.1, -0.05) is 41.4 Å². The second-order valence-electron chi connectivity index (χ2n) is 9.63. The highest BCUT2D eigenvalue weighted by Gasteiger charge is 2.31. The predicted molar refractivity (Wildman–Crippen MR) is 137 cm³/mol. The summed E-state index contributed by atoms with van der Waals surface area (Å²) in [5, 5.41) is 3.37. The quantitative estimate of drug-likeness (QED) is 0.583. The highest BCUT2D eigenvalue weighted by molar-refractivity contribution is 7.92. The van der Waals surface area contributed by atoms with Crippen molar-refractivity contribution in [3.63, 3.8) is 0 Å². The fourth-order valence-corrected chi connectivity index (χ4v) is 4.69. The highest BCUT2D eigenvalue weighted by atomic mass is 35.5. The van der Waals surface area contributed by atoms with Gasteiger partial charge >= 0.3 is 0 Å².